The molecule has 0 radical (unpaired) electrons. The molecule has 3 aromatic rings. The van der Waals surface area contributed by atoms with Crippen LogP contribution in [0.1, 0.15) is 16.1 Å². The van der Waals surface area contributed by atoms with Crippen LogP contribution >= 0.6 is 11.6 Å². The highest BCUT2D eigenvalue weighted by molar-refractivity contribution is 6.33. The molecule has 0 aliphatic heterocycles. The Morgan fingerprint density at radius 1 is 1.17 bits per heavy atom. The van der Waals surface area contributed by atoms with Crippen molar-refractivity contribution in [3.8, 4) is 11.3 Å². The second-order valence-corrected chi connectivity index (χ2v) is 5.51. The van der Waals surface area contributed by atoms with E-state index in [0.717, 1.165) is 0 Å². The minimum absolute atomic E-state index is 0.133. The van der Waals surface area contributed by atoms with Crippen LogP contribution in [-0.4, -0.2) is 11.1 Å². The lowest BCUT2D eigenvalue weighted by Crippen LogP contribution is -2.02. The molecule has 3 rings (SSSR count). The Hall–Kier alpha value is -2.79. The molecule has 0 aliphatic carbocycles. The molecule has 0 saturated heterocycles. The number of aromatic carboxylic acids is 1. The highest BCUT2D eigenvalue weighted by Crippen LogP contribution is 2.27. The van der Waals surface area contributed by atoms with Crippen molar-refractivity contribution in [3.63, 3.8) is 0 Å². The summed E-state index contributed by atoms with van der Waals surface area (Å²) in [5.41, 5.74) is 1.00. The Balaban J connectivity index is 1.76. The van der Waals surface area contributed by atoms with Crippen molar-refractivity contribution in [1.82, 2.24) is 0 Å². The predicted molar refractivity (Wildman–Crippen MR) is 89.8 cm³/mol. The van der Waals surface area contributed by atoms with Crippen molar-refractivity contribution in [3.05, 3.63) is 76.8 Å². The average molecular weight is 346 g/mol. The highest BCUT2D eigenvalue weighted by atomic mass is 35.5. The van der Waals surface area contributed by atoms with E-state index in [0.29, 0.717) is 27.8 Å². The topological polar surface area (TPSA) is 62.5 Å². The molecule has 2 aromatic carbocycles. The van der Waals surface area contributed by atoms with Gasteiger partial charge in [0.15, 0.2) is 0 Å². The maximum Gasteiger partial charge on any atom is 0.335 e. The smallest absolute Gasteiger partial charge is 0.335 e. The van der Waals surface area contributed by atoms with Gasteiger partial charge in [-0.15, -0.1) is 0 Å². The number of rotatable bonds is 5. The van der Waals surface area contributed by atoms with E-state index in [1.807, 2.05) is 0 Å². The normalized spacial score (nSPS) is 10.6. The third-order valence-electron chi connectivity index (χ3n) is 3.47. The van der Waals surface area contributed by atoms with E-state index in [1.165, 1.54) is 24.3 Å². The third kappa shape index (κ3) is 3.41. The maximum atomic E-state index is 13.8. The van der Waals surface area contributed by atoms with Gasteiger partial charge in [0.2, 0.25) is 0 Å². The van der Waals surface area contributed by atoms with Crippen molar-refractivity contribution >= 4 is 23.3 Å². The Morgan fingerprint density at radius 3 is 2.71 bits per heavy atom. The standard InChI is InChI=1S/C18H13ClFNO3/c19-14-7-5-11(18(22)23)9-16(14)21-10-12-6-8-17(24-12)13-3-1-2-4-15(13)20/h1-9,21H,10H2,(H,22,23). The first-order valence-corrected chi connectivity index (χ1v) is 7.53. The second kappa shape index (κ2) is 6.76. The molecule has 122 valence electrons. The van der Waals surface area contributed by atoms with Crippen LogP contribution in [0.5, 0.6) is 0 Å². The summed E-state index contributed by atoms with van der Waals surface area (Å²) in [5.74, 6) is -0.390. The van der Waals surface area contributed by atoms with Crippen molar-refractivity contribution in [2.24, 2.45) is 0 Å². The quantitative estimate of drug-likeness (QED) is 0.679. The van der Waals surface area contributed by atoms with Gasteiger partial charge in [-0.3, -0.25) is 0 Å². The van der Waals surface area contributed by atoms with Crippen molar-refractivity contribution in [2.75, 3.05) is 5.32 Å². The van der Waals surface area contributed by atoms with Gasteiger partial charge in [0, 0.05) is 0 Å². The van der Waals surface area contributed by atoms with E-state index >= 15 is 0 Å². The maximum absolute atomic E-state index is 13.8. The third-order valence-corrected chi connectivity index (χ3v) is 3.80. The molecule has 1 aromatic heterocycles. The van der Waals surface area contributed by atoms with Crippen LogP contribution in [0.3, 0.4) is 0 Å². The lowest BCUT2D eigenvalue weighted by molar-refractivity contribution is 0.0697. The van der Waals surface area contributed by atoms with E-state index in [4.69, 9.17) is 21.1 Å². The number of benzene rings is 2. The molecule has 0 amide bonds. The number of halogens is 2. The molecule has 6 heteroatoms. The summed E-state index contributed by atoms with van der Waals surface area (Å²) in [6.07, 6.45) is 0. The number of hydrogen-bond donors (Lipinski definition) is 2. The summed E-state index contributed by atoms with van der Waals surface area (Å²) in [6.45, 7) is 0.289. The number of carboxylic acid groups (broad SMARTS) is 1. The molecule has 2 N–H and O–H groups in total. The number of furan rings is 1. The molecule has 1 heterocycles. The van der Waals surface area contributed by atoms with Gasteiger partial charge in [0.25, 0.3) is 0 Å². The van der Waals surface area contributed by atoms with Crippen molar-refractivity contribution < 1.29 is 18.7 Å². The van der Waals surface area contributed by atoms with Crippen LogP contribution in [0.15, 0.2) is 59.0 Å². The second-order valence-electron chi connectivity index (χ2n) is 5.10. The molecule has 0 spiro atoms. The van der Waals surface area contributed by atoms with Gasteiger partial charge in [-0.25, -0.2) is 9.18 Å². The highest BCUT2D eigenvalue weighted by Gasteiger charge is 2.11. The summed E-state index contributed by atoms with van der Waals surface area (Å²) in [5, 5.41) is 12.4. The van der Waals surface area contributed by atoms with Crippen LogP contribution in [0, 0.1) is 5.82 Å². The molecule has 0 atom stereocenters. The Labute approximate surface area is 142 Å². The Morgan fingerprint density at radius 2 is 1.96 bits per heavy atom. The van der Waals surface area contributed by atoms with Crippen LogP contribution in [0.2, 0.25) is 5.02 Å². The van der Waals surface area contributed by atoms with E-state index in [-0.39, 0.29) is 17.9 Å². The summed E-state index contributed by atoms with van der Waals surface area (Å²) >= 11 is 6.05. The summed E-state index contributed by atoms with van der Waals surface area (Å²) in [7, 11) is 0. The monoisotopic (exact) mass is 345 g/mol. The molecule has 0 bridgehead atoms. The van der Waals surface area contributed by atoms with Gasteiger partial charge < -0.3 is 14.8 Å². The van der Waals surface area contributed by atoms with Crippen LogP contribution < -0.4 is 5.32 Å². The van der Waals surface area contributed by atoms with Crippen molar-refractivity contribution in [2.45, 2.75) is 6.54 Å². The van der Waals surface area contributed by atoms with Crippen LogP contribution in [-0.2, 0) is 6.54 Å². The number of nitrogens with one attached hydrogen (secondary N) is 1. The Kier molecular flexibility index (Phi) is 4.53. The van der Waals surface area contributed by atoms with E-state index in [9.17, 15) is 9.18 Å². The fraction of sp³-hybridized carbons (Fsp3) is 0.0556. The first-order valence-electron chi connectivity index (χ1n) is 7.15. The lowest BCUT2D eigenvalue weighted by Gasteiger charge is -2.08. The fourth-order valence-electron chi connectivity index (χ4n) is 2.25. The SMILES string of the molecule is O=C(O)c1ccc(Cl)c(NCc2ccc(-c3ccccc3F)o2)c1. The summed E-state index contributed by atoms with van der Waals surface area (Å²) in [6, 6.07) is 14.2. The summed E-state index contributed by atoms with van der Waals surface area (Å²) < 4.78 is 19.4. The lowest BCUT2D eigenvalue weighted by atomic mass is 10.1. The molecule has 24 heavy (non-hydrogen) atoms. The number of anilines is 1. The predicted octanol–water partition coefficient (Wildman–Crippen LogP) is 5.05. The van der Waals surface area contributed by atoms with Gasteiger partial charge in [-0.1, -0.05) is 23.7 Å². The fourth-order valence-corrected chi connectivity index (χ4v) is 2.44. The zero-order valence-corrected chi connectivity index (χ0v) is 13.2. The van der Waals surface area contributed by atoms with Gasteiger partial charge in [0.1, 0.15) is 17.3 Å². The van der Waals surface area contributed by atoms with Gasteiger partial charge >= 0.3 is 5.97 Å². The zero-order chi connectivity index (χ0) is 17.1. The minimum atomic E-state index is -1.03. The largest absolute Gasteiger partial charge is 0.478 e. The first kappa shape index (κ1) is 16.1. The van der Waals surface area contributed by atoms with Crippen LogP contribution in [0.4, 0.5) is 10.1 Å². The Bertz CT molecular complexity index is 891. The number of hydrogen-bond acceptors (Lipinski definition) is 3. The molecule has 0 fully saturated rings. The van der Waals surface area contributed by atoms with Crippen molar-refractivity contribution in [1.29, 1.82) is 0 Å². The minimum Gasteiger partial charge on any atom is -0.478 e. The molecule has 0 unspecified atom stereocenters. The molecular formula is C18H13ClFNO3. The van der Waals surface area contributed by atoms with E-state index < -0.39 is 5.97 Å². The van der Waals surface area contributed by atoms with E-state index in [1.54, 1.807) is 30.3 Å². The molecule has 4 nitrogen and oxygen atoms in total. The van der Waals surface area contributed by atoms with Gasteiger partial charge in [-0.05, 0) is 42.5 Å². The van der Waals surface area contributed by atoms with Crippen LogP contribution in [0.25, 0.3) is 11.3 Å². The number of carboxylic acids is 1. The summed E-state index contributed by atoms with van der Waals surface area (Å²) in [4.78, 5) is 11.0. The number of carbonyl (C=O) groups is 1. The molecular weight excluding hydrogens is 333 g/mol. The average Bonchev–Trinajstić information content (AvgIpc) is 3.03. The van der Waals surface area contributed by atoms with E-state index in [2.05, 4.69) is 5.32 Å². The van der Waals surface area contributed by atoms with Gasteiger partial charge in [0.05, 0.1) is 28.4 Å². The molecule has 0 saturated carbocycles. The zero-order valence-electron chi connectivity index (χ0n) is 12.4. The molecule has 0 aliphatic rings. The first-order chi connectivity index (χ1) is 11.5. The van der Waals surface area contributed by atoms with Gasteiger partial charge in [-0.2, -0.15) is 0 Å².